The van der Waals surface area contributed by atoms with E-state index in [1.54, 1.807) is 38.1 Å². The molecule has 0 bridgehead atoms. The lowest BCUT2D eigenvalue weighted by atomic mass is 10.1. The van der Waals surface area contributed by atoms with E-state index in [9.17, 15) is 13.2 Å². The third kappa shape index (κ3) is 5.39. The molecule has 0 saturated heterocycles. The van der Waals surface area contributed by atoms with Crippen molar-refractivity contribution >= 4 is 27.8 Å². The number of aryl methyl sites for hydroxylation is 1. The molecule has 7 nitrogen and oxygen atoms in total. The van der Waals surface area contributed by atoms with Gasteiger partial charge in [-0.05, 0) is 67.8 Å². The lowest BCUT2D eigenvalue weighted by Crippen LogP contribution is -2.37. The van der Waals surface area contributed by atoms with Crippen LogP contribution in [0.5, 0.6) is 5.75 Å². The molecule has 0 aliphatic heterocycles. The summed E-state index contributed by atoms with van der Waals surface area (Å²) in [5.74, 6) is -0.577. The maximum absolute atomic E-state index is 13.2. The van der Waals surface area contributed by atoms with Gasteiger partial charge in [0.05, 0.1) is 12.0 Å². The molecule has 0 amide bonds. The Labute approximate surface area is 187 Å². The van der Waals surface area contributed by atoms with Gasteiger partial charge in [-0.15, -0.1) is 0 Å². The van der Waals surface area contributed by atoms with E-state index < -0.39 is 16.0 Å². The number of hydrogen-bond acceptors (Lipinski definition) is 5. The Morgan fingerprint density at radius 2 is 1.88 bits per heavy atom. The van der Waals surface area contributed by atoms with Crippen LogP contribution >= 0.6 is 0 Å². The van der Waals surface area contributed by atoms with E-state index in [2.05, 4.69) is 0 Å². The topological polar surface area (TPSA) is 97.0 Å². The monoisotopic (exact) mass is 455 g/mol. The molecule has 0 unspecified atom stereocenters. The average molecular weight is 456 g/mol. The number of aliphatic carboxylic acids is 1. The summed E-state index contributed by atoms with van der Waals surface area (Å²) in [6.45, 7) is 5.69. The van der Waals surface area contributed by atoms with Gasteiger partial charge in [-0.25, -0.2) is 4.79 Å². The summed E-state index contributed by atoms with van der Waals surface area (Å²) in [5, 5.41) is 8.59. The van der Waals surface area contributed by atoms with Crippen molar-refractivity contribution in [1.82, 2.24) is 0 Å². The van der Waals surface area contributed by atoms with Crippen LogP contribution in [0.4, 0.5) is 5.69 Å². The van der Waals surface area contributed by atoms with Gasteiger partial charge in [0.15, 0.2) is 0 Å². The molecule has 0 aliphatic carbocycles. The highest BCUT2D eigenvalue weighted by molar-refractivity contribution is 7.92. The van der Waals surface area contributed by atoms with Crippen LogP contribution < -0.4 is 9.04 Å². The fourth-order valence-electron chi connectivity index (χ4n) is 3.16. The first-order chi connectivity index (χ1) is 15.2. The number of rotatable bonds is 9. The molecule has 1 N–H and O–H groups in total. The molecule has 0 radical (unpaired) electrons. The molecule has 3 aromatic rings. The predicted molar refractivity (Wildman–Crippen MR) is 122 cm³/mol. The number of ether oxygens (including phenoxy) is 1. The van der Waals surface area contributed by atoms with Gasteiger partial charge < -0.3 is 14.3 Å². The summed E-state index contributed by atoms with van der Waals surface area (Å²) in [5.41, 5.74) is 2.96. The minimum atomic E-state index is -3.92. The van der Waals surface area contributed by atoms with Gasteiger partial charge in [0.1, 0.15) is 12.4 Å². The Kier molecular flexibility index (Phi) is 7.05. The van der Waals surface area contributed by atoms with Crippen LogP contribution in [0.25, 0.3) is 6.08 Å². The maximum atomic E-state index is 13.2. The fourth-order valence-corrected chi connectivity index (χ4v) is 4.75. The molecule has 3 rings (SSSR count). The van der Waals surface area contributed by atoms with Crippen molar-refractivity contribution in [2.45, 2.75) is 38.5 Å². The van der Waals surface area contributed by atoms with E-state index in [1.165, 1.54) is 28.8 Å². The fraction of sp³-hybridized carbons (Fsp3) is 0.208. The Bertz CT molecular complexity index is 1200. The van der Waals surface area contributed by atoms with Crippen molar-refractivity contribution in [3.63, 3.8) is 0 Å². The Hall–Kier alpha value is -3.52. The van der Waals surface area contributed by atoms with Crippen LogP contribution in [0, 0.1) is 6.92 Å². The second-order valence-electron chi connectivity index (χ2n) is 7.50. The van der Waals surface area contributed by atoms with E-state index in [-0.39, 0.29) is 17.7 Å². The molecular weight excluding hydrogens is 430 g/mol. The minimum absolute atomic E-state index is 0.136. The highest BCUT2D eigenvalue weighted by Crippen LogP contribution is 2.35. The number of carbonyl (C=O) groups is 1. The first-order valence-corrected chi connectivity index (χ1v) is 11.4. The van der Waals surface area contributed by atoms with Gasteiger partial charge in [0, 0.05) is 12.1 Å². The molecule has 8 heteroatoms. The zero-order valence-corrected chi connectivity index (χ0v) is 18.9. The van der Waals surface area contributed by atoms with Crippen LogP contribution in [0.1, 0.15) is 30.5 Å². The van der Waals surface area contributed by atoms with Gasteiger partial charge in [-0.3, -0.25) is 4.31 Å². The maximum Gasteiger partial charge on any atom is 0.328 e. The first-order valence-electron chi connectivity index (χ1n) is 10.00. The smallest absolute Gasteiger partial charge is 0.328 e. The summed E-state index contributed by atoms with van der Waals surface area (Å²) >= 11 is 0. The standard InChI is InChI=1S/C24H25NO6S/c1-17(2)25(32(28,29)24-5-4-14-30-24)21-12-6-18(3)15-22(21)31-16-20-9-7-19(8-10-20)11-13-23(26)27/h4-15,17H,16H2,1-3H3,(H,26,27). The van der Waals surface area contributed by atoms with Crippen molar-refractivity contribution in [2.75, 3.05) is 4.31 Å². The van der Waals surface area contributed by atoms with E-state index in [0.29, 0.717) is 11.4 Å². The van der Waals surface area contributed by atoms with Crippen LogP contribution in [0.2, 0.25) is 0 Å². The van der Waals surface area contributed by atoms with Crippen molar-refractivity contribution in [2.24, 2.45) is 0 Å². The molecule has 0 saturated carbocycles. The number of carboxylic acid groups (broad SMARTS) is 1. The Morgan fingerprint density at radius 1 is 1.16 bits per heavy atom. The molecular formula is C24H25NO6S. The summed E-state index contributed by atoms with van der Waals surface area (Å²) < 4.78 is 39.0. The number of furan rings is 1. The number of nitrogens with zero attached hydrogens (tertiary/aromatic N) is 1. The molecule has 168 valence electrons. The first kappa shape index (κ1) is 23.1. The predicted octanol–water partition coefficient (Wildman–Crippen LogP) is 4.87. The summed E-state index contributed by atoms with van der Waals surface area (Å²) in [4.78, 5) is 10.6. The number of sulfonamides is 1. The molecule has 0 fully saturated rings. The van der Waals surface area contributed by atoms with Gasteiger partial charge in [0.25, 0.3) is 10.0 Å². The van der Waals surface area contributed by atoms with Crippen LogP contribution in [0.15, 0.2) is 76.4 Å². The van der Waals surface area contributed by atoms with Gasteiger partial charge in [-0.1, -0.05) is 30.3 Å². The van der Waals surface area contributed by atoms with Crippen LogP contribution in [-0.4, -0.2) is 25.5 Å². The molecule has 0 aliphatic rings. The zero-order chi connectivity index (χ0) is 23.3. The number of benzene rings is 2. The molecule has 32 heavy (non-hydrogen) atoms. The Balaban J connectivity index is 1.88. The second kappa shape index (κ2) is 9.74. The van der Waals surface area contributed by atoms with Crippen molar-refractivity contribution < 1.29 is 27.5 Å². The molecule has 2 aromatic carbocycles. The molecule has 1 aromatic heterocycles. The van der Waals surface area contributed by atoms with Crippen molar-refractivity contribution in [3.05, 3.63) is 83.6 Å². The van der Waals surface area contributed by atoms with E-state index in [1.807, 2.05) is 25.1 Å². The summed E-state index contributed by atoms with van der Waals surface area (Å²) in [6.07, 6.45) is 3.91. The van der Waals surface area contributed by atoms with Crippen molar-refractivity contribution in [3.8, 4) is 5.75 Å². The summed E-state index contributed by atoms with van der Waals surface area (Å²) in [7, 11) is -3.92. The van der Waals surface area contributed by atoms with Gasteiger partial charge >= 0.3 is 5.97 Å². The number of hydrogen-bond donors (Lipinski definition) is 1. The lowest BCUT2D eigenvalue weighted by molar-refractivity contribution is -0.131. The quantitative estimate of drug-likeness (QED) is 0.463. The van der Waals surface area contributed by atoms with E-state index in [4.69, 9.17) is 14.3 Å². The number of anilines is 1. The van der Waals surface area contributed by atoms with Crippen molar-refractivity contribution in [1.29, 1.82) is 0 Å². The largest absolute Gasteiger partial charge is 0.487 e. The third-order valence-corrected chi connectivity index (χ3v) is 6.50. The molecule has 0 atom stereocenters. The lowest BCUT2D eigenvalue weighted by Gasteiger charge is -2.29. The highest BCUT2D eigenvalue weighted by Gasteiger charge is 2.32. The Morgan fingerprint density at radius 3 is 2.47 bits per heavy atom. The van der Waals surface area contributed by atoms with Gasteiger partial charge in [-0.2, -0.15) is 8.42 Å². The average Bonchev–Trinajstić information content (AvgIpc) is 3.28. The normalized spacial score (nSPS) is 11.8. The van der Waals surface area contributed by atoms with E-state index in [0.717, 1.165) is 22.8 Å². The highest BCUT2D eigenvalue weighted by atomic mass is 32.2. The van der Waals surface area contributed by atoms with Crippen LogP contribution in [-0.2, 0) is 21.4 Å². The minimum Gasteiger partial charge on any atom is -0.487 e. The molecule has 0 spiro atoms. The van der Waals surface area contributed by atoms with Crippen LogP contribution in [0.3, 0.4) is 0 Å². The number of carboxylic acids is 1. The second-order valence-corrected chi connectivity index (χ2v) is 9.25. The summed E-state index contributed by atoms with van der Waals surface area (Å²) in [6, 6.07) is 15.2. The third-order valence-electron chi connectivity index (χ3n) is 4.62. The van der Waals surface area contributed by atoms with Gasteiger partial charge in [0.2, 0.25) is 5.09 Å². The van der Waals surface area contributed by atoms with E-state index >= 15 is 0 Å². The molecule has 1 heterocycles. The zero-order valence-electron chi connectivity index (χ0n) is 18.1. The SMILES string of the molecule is Cc1ccc(N(C(C)C)S(=O)(=O)c2ccco2)c(OCc2ccc(C=CC(=O)O)cc2)c1.